The molecular formula is C78H138O8. The molecule has 1 aromatic carbocycles. The fourth-order valence-corrected chi connectivity index (χ4v) is 12.1. The summed E-state index contributed by atoms with van der Waals surface area (Å²) >= 11 is 0. The van der Waals surface area contributed by atoms with Crippen molar-refractivity contribution < 1.29 is 38.1 Å². The highest BCUT2D eigenvalue weighted by Gasteiger charge is 2.19. The molecule has 0 radical (unpaired) electrons. The topological polar surface area (TPSA) is 105 Å². The Hall–Kier alpha value is -3.42. The van der Waals surface area contributed by atoms with Gasteiger partial charge in [0.25, 0.3) is 0 Å². The van der Waals surface area contributed by atoms with Crippen LogP contribution in [0.25, 0.3) is 0 Å². The average molecular weight is 1200 g/mol. The number of benzene rings is 1. The van der Waals surface area contributed by atoms with Gasteiger partial charge >= 0.3 is 23.9 Å². The SMILES string of the molecule is C=CC(=O)OCCCCCCCCCCCCCCCCCCCCCCCCCCCCCCCCOC(=O)c1ccccc1C(=O)OCCCCCCCCCCCCCCCCCCCCCCCCCCCCCCCCOC(=O)C=C. The van der Waals surface area contributed by atoms with Crippen LogP contribution in [0.2, 0.25) is 0 Å². The minimum Gasteiger partial charge on any atom is -0.463 e. The Kier molecular flexibility index (Phi) is 63.3. The summed E-state index contributed by atoms with van der Waals surface area (Å²) in [6.45, 7) is 8.69. The van der Waals surface area contributed by atoms with E-state index in [1.807, 2.05) is 0 Å². The largest absolute Gasteiger partial charge is 0.463 e. The molecule has 0 N–H and O–H groups in total. The Balaban J connectivity index is 1.80. The normalized spacial score (nSPS) is 11.3. The van der Waals surface area contributed by atoms with Crippen molar-refractivity contribution in [2.75, 3.05) is 26.4 Å². The first kappa shape index (κ1) is 80.6. The molecule has 0 heterocycles. The molecule has 0 fully saturated rings. The fraction of sp³-hybridized carbons (Fsp3) is 0.821. The van der Waals surface area contributed by atoms with Crippen molar-refractivity contribution in [2.24, 2.45) is 0 Å². The Labute approximate surface area is 531 Å². The maximum atomic E-state index is 12.9. The van der Waals surface area contributed by atoms with E-state index in [-0.39, 0.29) is 11.9 Å². The second-order valence-electron chi connectivity index (χ2n) is 25.8. The van der Waals surface area contributed by atoms with Crippen LogP contribution in [0.3, 0.4) is 0 Å². The van der Waals surface area contributed by atoms with E-state index in [2.05, 4.69) is 13.2 Å². The first-order valence-electron chi connectivity index (χ1n) is 37.5. The smallest absolute Gasteiger partial charge is 0.339 e. The average Bonchev–Trinajstić information content (AvgIpc) is 3.34. The van der Waals surface area contributed by atoms with Crippen molar-refractivity contribution in [3.05, 3.63) is 60.7 Å². The summed E-state index contributed by atoms with van der Waals surface area (Å²) in [6, 6.07) is 6.92. The van der Waals surface area contributed by atoms with E-state index in [1.54, 1.807) is 24.3 Å². The van der Waals surface area contributed by atoms with Gasteiger partial charge in [0.1, 0.15) is 0 Å². The van der Waals surface area contributed by atoms with Crippen molar-refractivity contribution >= 4 is 23.9 Å². The number of unbranched alkanes of at least 4 members (excludes halogenated alkanes) is 58. The van der Waals surface area contributed by atoms with Crippen molar-refractivity contribution in [1.82, 2.24) is 0 Å². The highest BCUT2D eigenvalue weighted by atomic mass is 16.5. The van der Waals surface area contributed by atoms with Crippen molar-refractivity contribution in [3.63, 3.8) is 0 Å². The fourth-order valence-electron chi connectivity index (χ4n) is 12.1. The van der Waals surface area contributed by atoms with Gasteiger partial charge in [-0.25, -0.2) is 19.2 Å². The molecule has 0 spiro atoms. The van der Waals surface area contributed by atoms with Crippen LogP contribution in [-0.4, -0.2) is 50.3 Å². The molecule has 0 aliphatic heterocycles. The third-order valence-electron chi connectivity index (χ3n) is 17.7. The van der Waals surface area contributed by atoms with Crippen LogP contribution < -0.4 is 0 Å². The lowest BCUT2D eigenvalue weighted by Gasteiger charge is -2.10. The van der Waals surface area contributed by atoms with Crippen LogP contribution in [0.5, 0.6) is 0 Å². The molecule has 0 aromatic heterocycles. The summed E-state index contributed by atoms with van der Waals surface area (Å²) in [5.74, 6) is -1.47. The van der Waals surface area contributed by atoms with Crippen LogP contribution in [0.15, 0.2) is 49.6 Å². The molecule has 8 heteroatoms. The predicted molar refractivity (Wildman–Crippen MR) is 366 cm³/mol. The zero-order chi connectivity index (χ0) is 61.8. The molecule has 0 saturated heterocycles. The molecule has 0 bridgehead atoms. The Bertz CT molecular complexity index is 1540. The van der Waals surface area contributed by atoms with Gasteiger partial charge in [0.05, 0.1) is 37.6 Å². The summed E-state index contributed by atoms with van der Waals surface area (Å²) in [5.41, 5.74) is 0.614. The molecule has 0 aliphatic carbocycles. The van der Waals surface area contributed by atoms with Crippen LogP contribution in [-0.2, 0) is 28.5 Å². The van der Waals surface area contributed by atoms with Gasteiger partial charge in [0.2, 0.25) is 0 Å². The number of carbonyl (C=O) groups is 4. The molecule has 0 saturated carbocycles. The van der Waals surface area contributed by atoms with Gasteiger partial charge in [-0.15, -0.1) is 0 Å². The van der Waals surface area contributed by atoms with E-state index in [0.29, 0.717) is 37.6 Å². The molecule has 1 rings (SSSR count). The van der Waals surface area contributed by atoms with Crippen molar-refractivity contribution in [2.45, 2.75) is 385 Å². The Morgan fingerprint density at radius 3 is 0.488 bits per heavy atom. The number of carbonyl (C=O) groups excluding carboxylic acids is 4. The lowest BCUT2D eigenvalue weighted by atomic mass is 10.0. The van der Waals surface area contributed by atoms with Gasteiger partial charge in [-0.3, -0.25) is 0 Å². The minimum atomic E-state index is -0.429. The zero-order valence-electron chi connectivity index (χ0n) is 56.4. The van der Waals surface area contributed by atoms with Gasteiger partial charge in [0.15, 0.2) is 0 Å². The Morgan fingerprint density at radius 1 is 0.221 bits per heavy atom. The number of esters is 4. The maximum absolute atomic E-state index is 12.9. The van der Waals surface area contributed by atoms with E-state index < -0.39 is 11.9 Å². The first-order chi connectivity index (χ1) is 42.5. The van der Waals surface area contributed by atoms with Crippen LogP contribution in [0.4, 0.5) is 0 Å². The molecule has 0 amide bonds. The van der Waals surface area contributed by atoms with E-state index in [4.69, 9.17) is 18.9 Å². The van der Waals surface area contributed by atoms with Crippen LogP contribution >= 0.6 is 0 Å². The molecular weight excluding hydrogens is 1060 g/mol. The first-order valence-corrected chi connectivity index (χ1v) is 37.5. The molecule has 86 heavy (non-hydrogen) atoms. The van der Waals surface area contributed by atoms with Crippen molar-refractivity contribution in [3.8, 4) is 0 Å². The lowest BCUT2D eigenvalue weighted by molar-refractivity contribution is -0.138. The summed E-state index contributed by atoms with van der Waals surface area (Å²) < 4.78 is 21.3. The summed E-state index contributed by atoms with van der Waals surface area (Å²) in [5, 5.41) is 0. The van der Waals surface area contributed by atoms with E-state index >= 15 is 0 Å². The molecule has 498 valence electrons. The minimum absolute atomic E-state index is 0.306. The molecule has 8 nitrogen and oxygen atoms in total. The molecule has 0 aliphatic rings. The summed E-state index contributed by atoms with van der Waals surface area (Å²) in [6.07, 6.45) is 82.0. The molecule has 0 unspecified atom stereocenters. The highest BCUT2D eigenvalue weighted by Crippen LogP contribution is 2.21. The number of hydrogen-bond acceptors (Lipinski definition) is 8. The monoisotopic (exact) mass is 1200 g/mol. The highest BCUT2D eigenvalue weighted by molar-refractivity contribution is 6.03. The third-order valence-corrected chi connectivity index (χ3v) is 17.7. The maximum Gasteiger partial charge on any atom is 0.339 e. The van der Waals surface area contributed by atoms with Crippen molar-refractivity contribution in [1.29, 1.82) is 0 Å². The van der Waals surface area contributed by atoms with E-state index in [1.165, 1.54) is 346 Å². The predicted octanol–water partition coefficient (Wildman–Crippen LogP) is 24.9. The van der Waals surface area contributed by atoms with Gasteiger partial charge in [0, 0.05) is 12.2 Å². The van der Waals surface area contributed by atoms with Gasteiger partial charge < -0.3 is 18.9 Å². The van der Waals surface area contributed by atoms with Crippen LogP contribution in [0, 0.1) is 0 Å². The standard InChI is InChI=1S/C78H138O8/c1-3-75(79)83-69-63-57-53-49-45-41-37-33-29-25-21-17-13-9-5-7-11-15-19-23-27-31-35-39-43-47-51-55-59-65-71-85-77(81)73-67-61-62-68-74(73)78(82)86-72-66-60-56-52-48-44-40-36-32-28-24-20-16-12-8-6-10-14-18-22-26-30-34-38-42-46-50-54-58-64-70-84-76(80)4-2/h3-4,61-62,67-68H,1-2,5-60,63-66,69-72H2. The number of hydrogen-bond donors (Lipinski definition) is 0. The van der Waals surface area contributed by atoms with Gasteiger partial charge in [-0.05, 0) is 37.8 Å². The lowest BCUT2D eigenvalue weighted by Crippen LogP contribution is -2.15. The second-order valence-corrected chi connectivity index (χ2v) is 25.8. The van der Waals surface area contributed by atoms with E-state index in [0.717, 1.165) is 51.4 Å². The summed E-state index contributed by atoms with van der Waals surface area (Å²) in [7, 11) is 0. The molecule has 0 atom stereocenters. The second kappa shape index (κ2) is 67.5. The van der Waals surface area contributed by atoms with Gasteiger partial charge in [-0.1, -0.05) is 385 Å². The van der Waals surface area contributed by atoms with E-state index in [9.17, 15) is 19.2 Å². The van der Waals surface area contributed by atoms with Gasteiger partial charge in [-0.2, -0.15) is 0 Å². The molecule has 1 aromatic rings. The number of rotatable bonds is 70. The third kappa shape index (κ3) is 58.3. The Morgan fingerprint density at radius 2 is 0.349 bits per heavy atom. The quantitative estimate of drug-likeness (QED) is 0.0275. The number of ether oxygens (including phenoxy) is 4. The van der Waals surface area contributed by atoms with Crippen LogP contribution in [0.1, 0.15) is 406 Å². The summed E-state index contributed by atoms with van der Waals surface area (Å²) in [4.78, 5) is 47.9. The zero-order valence-corrected chi connectivity index (χ0v) is 56.4.